The first-order valence-electron chi connectivity index (χ1n) is 8.24. The molecule has 2 unspecified atom stereocenters. The van der Waals surface area contributed by atoms with Gasteiger partial charge in [-0.2, -0.15) is 5.26 Å². The minimum absolute atomic E-state index is 0.0369. The number of nitriles is 1. The molecule has 0 spiro atoms. The van der Waals surface area contributed by atoms with Crippen molar-refractivity contribution in [3.63, 3.8) is 0 Å². The van der Waals surface area contributed by atoms with Crippen LogP contribution in [0.1, 0.15) is 37.1 Å². The summed E-state index contributed by atoms with van der Waals surface area (Å²) in [7, 11) is -3.05. The lowest BCUT2D eigenvalue weighted by molar-refractivity contribution is -0.131. The highest BCUT2D eigenvalue weighted by Crippen LogP contribution is 2.29. The van der Waals surface area contributed by atoms with Crippen LogP contribution >= 0.6 is 11.8 Å². The molecule has 0 aliphatic carbocycles. The second kappa shape index (κ2) is 7.75. The molecule has 136 valence electrons. The number of carbonyl (C=O) groups is 1. The molecular weight excluding hydrogens is 358 g/mol. The van der Waals surface area contributed by atoms with Gasteiger partial charge in [0.1, 0.15) is 11.1 Å². The molecule has 25 heavy (non-hydrogen) atoms. The Kier molecular flexibility index (Phi) is 6.12. The van der Waals surface area contributed by atoms with Gasteiger partial charge in [-0.15, -0.1) is 0 Å². The van der Waals surface area contributed by atoms with E-state index in [1.54, 1.807) is 11.8 Å². The van der Waals surface area contributed by atoms with Gasteiger partial charge < -0.3 is 4.90 Å². The van der Waals surface area contributed by atoms with Crippen molar-refractivity contribution in [3.8, 4) is 6.07 Å². The fraction of sp³-hybridized carbons (Fsp3) is 0.588. The lowest BCUT2D eigenvalue weighted by Crippen LogP contribution is -2.44. The topological polar surface area (TPSA) is 91.1 Å². The fourth-order valence-electron chi connectivity index (χ4n) is 3.09. The fourth-order valence-corrected chi connectivity index (χ4v) is 5.91. The van der Waals surface area contributed by atoms with E-state index in [4.69, 9.17) is 0 Å². The molecule has 1 amide bonds. The highest BCUT2D eigenvalue weighted by molar-refractivity contribution is 8.00. The van der Waals surface area contributed by atoms with Gasteiger partial charge in [-0.05, 0) is 45.7 Å². The Morgan fingerprint density at radius 1 is 1.52 bits per heavy atom. The molecule has 1 aromatic rings. The quantitative estimate of drug-likeness (QED) is 0.725. The van der Waals surface area contributed by atoms with E-state index in [1.807, 2.05) is 26.8 Å². The van der Waals surface area contributed by atoms with Crippen LogP contribution in [0.2, 0.25) is 0 Å². The maximum Gasteiger partial charge on any atom is 0.236 e. The molecule has 1 saturated heterocycles. The summed E-state index contributed by atoms with van der Waals surface area (Å²) in [5.41, 5.74) is 2.13. The van der Waals surface area contributed by atoms with Crippen molar-refractivity contribution in [2.45, 2.75) is 50.4 Å². The zero-order valence-electron chi connectivity index (χ0n) is 14.9. The van der Waals surface area contributed by atoms with Crippen LogP contribution < -0.4 is 0 Å². The van der Waals surface area contributed by atoms with E-state index in [9.17, 15) is 18.5 Å². The van der Waals surface area contributed by atoms with Crippen molar-refractivity contribution in [1.29, 1.82) is 5.26 Å². The third-order valence-corrected chi connectivity index (χ3v) is 7.16. The average molecular weight is 382 g/mol. The van der Waals surface area contributed by atoms with E-state index >= 15 is 0 Å². The molecule has 1 aliphatic heterocycles. The summed E-state index contributed by atoms with van der Waals surface area (Å²) in [6, 6.07) is 3.74. The first-order chi connectivity index (χ1) is 11.7. The predicted molar refractivity (Wildman–Crippen MR) is 98.2 cm³/mol. The third-order valence-electron chi connectivity index (χ3n) is 4.33. The number of nitrogens with zero attached hydrogens (tertiary/aromatic N) is 3. The number of pyridine rings is 1. The van der Waals surface area contributed by atoms with E-state index in [0.717, 1.165) is 11.3 Å². The van der Waals surface area contributed by atoms with Crippen molar-refractivity contribution in [2.24, 2.45) is 0 Å². The zero-order chi connectivity index (χ0) is 18.8. The van der Waals surface area contributed by atoms with E-state index in [2.05, 4.69) is 11.1 Å². The van der Waals surface area contributed by atoms with Gasteiger partial charge in [-0.1, -0.05) is 11.8 Å². The number of sulfone groups is 1. The van der Waals surface area contributed by atoms with Crippen LogP contribution in [0, 0.1) is 25.2 Å². The number of aryl methyl sites for hydroxylation is 2. The molecular formula is C17H23N3O3S2. The Hall–Kier alpha value is -1.59. The Morgan fingerprint density at radius 3 is 2.72 bits per heavy atom. The number of carbonyl (C=O) groups excluding carboxylic acids is 1. The SMILES string of the molecule is CCN(C(=O)C(C)Sc1nc(C)cc(C)c1C#N)C1CCS(=O)(=O)C1. The Balaban J connectivity index is 2.19. The van der Waals surface area contributed by atoms with E-state index in [-0.39, 0.29) is 23.5 Å². The number of aromatic nitrogens is 1. The van der Waals surface area contributed by atoms with Gasteiger partial charge in [0.15, 0.2) is 9.84 Å². The molecule has 0 bridgehead atoms. The number of hydrogen-bond donors (Lipinski definition) is 0. The van der Waals surface area contributed by atoms with Crippen LogP contribution in [0.25, 0.3) is 0 Å². The molecule has 1 aromatic heterocycles. The smallest absolute Gasteiger partial charge is 0.236 e. The Labute approximate surface area is 153 Å². The zero-order valence-corrected chi connectivity index (χ0v) is 16.6. The van der Waals surface area contributed by atoms with Crippen LogP contribution in [-0.2, 0) is 14.6 Å². The summed E-state index contributed by atoms with van der Waals surface area (Å²) >= 11 is 1.26. The first kappa shape index (κ1) is 19.7. The van der Waals surface area contributed by atoms with Gasteiger partial charge in [-0.25, -0.2) is 13.4 Å². The summed E-state index contributed by atoms with van der Waals surface area (Å²) in [6.07, 6.45) is 0.491. The summed E-state index contributed by atoms with van der Waals surface area (Å²) in [4.78, 5) is 18.9. The van der Waals surface area contributed by atoms with Gasteiger partial charge in [0, 0.05) is 18.3 Å². The van der Waals surface area contributed by atoms with Crippen LogP contribution in [-0.4, -0.2) is 53.6 Å². The summed E-state index contributed by atoms with van der Waals surface area (Å²) < 4.78 is 23.4. The predicted octanol–water partition coefficient (Wildman–Crippen LogP) is 2.09. The van der Waals surface area contributed by atoms with Crippen molar-refractivity contribution in [1.82, 2.24) is 9.88 Å². The molecule has 0 radical (unpaired) electrons. The second-order valence-electron chi connectivity index (χ2n) is 6.31. The minimum atomic E-state index is -3.05. The Bertz CT molecular complexity index is 815. The molecule has 0 saturated carbocycles. The van der Waals surface area contributed by atoms with Crippen LogP contribution in [0.3, 0.4) is 0 Å². The molecule has 2 atom stereocenters. The number of amides is 1. The molecule has 2 heterocycles. The lowest BCUT2D eigenvalue weighted by Gasteiger charge is -2.29. The first-order valence-corrected chi connectivity index (χ1v) is 10.9. The third kappa shape index (κ3) is 4.53. The van der Waals surface area contributed by atoms with Crippen molar-refractivity contribution >= 4 is 27.5 Å². The summed E-state index contributed by atoms with van der Waals surface area (Å²) in [5.74, 6) is 0.0644. The number of rotatable bonds is 5. The molecule has 1 fully saturated rings. The molecule has 2 rings (SSSR count). The molecule has 1 aliphatic rings. The standard InChI is InChI=1S/C17H23N3O3S2/c1-5-20(14-6-7-25(22,23)10-14)17(21)13(4)24-16-15(9-18)11(2)8-12(3)19-16/h8,13-14H,5-7,10H2,1-4H3. The average Bonchev–Trinajstić information content (AvgIpc) is 2.87. The lowest BCUT2D eigenvalue weighted by atomic mass is 10.1. The van der Waals surface area contributed by atoms with E-state index < -0.39 is 15.1 Å². The molecule has 6 nitrogen and oxygen atoms in total. The monoisotopic (exact) mass is 381 g/mol. The maximum absolute atomic E-state index is 12.8. The van der Waals surface area contributed by atoms with E-state index in [0.29, 0.717) is 23.6 Å². The highest BCUT2D eigenvalue weighted by atomic mass is 32.2. The minimum Gasteiger partial charge on any atom is -0.338 e. The highest BCUT2D eigenvalue weighted by Gasteiger charge is 2.35. The van der Waals surface area contributed by atoms with E-state index in [1.165, 1.54) is 11.8 Å². The molecule has 0 aromatic carbocycles. The second-order valence-corrected chi connectivity index (χ2v) is 9.87. The summed E-state index contributed by atoms with van der Waals surface area (Å²) in [5, 5.41) is 9.47. The van der Waals surface area contributed by atoms with Gasteiger partial charge >= 0.3 is 0 Å². The maximum atomic E-state index is 12.8. The number of thioether (sulfide) groups is 1. The molecule has 0 N–H and O–H groups in total. The van der Waals surface area contributed by atoms with Crippen molar-refractivity contribution in [3.05, 3.63) is 22.9 Å². The van der Waals surface area contributed by atoms with Crippen LogP contribution in [0.4, 0.5) is 0 Å². The van der Waals surface area contributed by atoms with Gasteiger partial charge in [0.25, 0.3) is 0 Å². The van der Waals surface area contributed by atoms with Gasteiger partial charge in [-0.3, -0.25) is 4.79 Å². The summed E-state index contributed by atoms with van der Waals surface area (Å²) in [6.45, 7) is 7.81. The molecule has 8 heteroatoms. The van der Waals surface area contributed by atoms with Crippen molar-refractivity contribution in [2.75, 3.05) is 18.1 Å². The normalized spacial score (nSPS) is 20.0. The number of hydrogen-bond acceptors (Lipinski definition) is 6. The van der Waals surface area contributed by atoms with Crippen LogP contribution in [0.5, 0.6) is 0 Å². The van der Waals surface area contributed by atoms with Gasteiger partial charge in [0.2, 0.25) is 5.91 Å². The largest absolute Gasteiger partial charge is 0.338 e. The van der Waals surface area contributed by atoms with Gasteiger partial charge in [0.05, 0.1) is 22.3 Å². The van der Waals surface area contributed by atoms with Crippen LogP contribution in [0.15, 0.2) is 11.1 Å². The Morgan fingerprint density at radius 2 is 2.20 bits per heavy atom. The van der Waals surface area contributed by atoms with Crippen molar-refractivity contribution < 1.29 is 13.2 Å².